The van der Waals surface area contributed by atoms with Crippen molar-refractivity contribution in [1.29, 1.82) is 0 Å². The zero-order chi connectivity index (χ0) is 13.6. The lowest BCUT2D eigenvalue weighted by Crippen LogP contribution is -2.55. The van der Waals surface area contributed by atoms with E-state index in [1.165, 1.54) is 5.57 Å². The van der Waals surface area contributed by atoms with Crippen molar-refractivity contribution in [3.8, 4) is 0 Å². The number of carbonyl (C=O) groups excluding carboxylic acids is 1. The second kappa shape index (κ2) is 4.37. The summed E-state index contributed by atoms with van der Waals surface area (Å²) < 4.78 is 0. The average molecular weight is 250 g/mol. The molecule has 0 aromatic rings. The van der Waals surface area contributed by atoms with Gasteiger partial charge in [0.15, 0.2) is 0 Å². The molecule has 1 heterocycles. The van der Waals surface area contributed by atoms with Crippen LogP contribution in [0.2, 0.25) is 0 Å². The Morgan fingerprint density at radius 2 is 1.94 bits per heavy atom. The quantitative estimate of drug-likeness (QED) is 0.765. The van der Waals surface area contributed by atoms with Gasteiger partial charge in [-0.2, -0.15) is 0 Å². The molecule has 1 amide bonds. The van der Waals surface area contributed by atoms with E-state index >= 15 is 0 Å². The molecule has 1 saturated carbocycles. The molecule has 2 aliphatic rings. The number of hydrogen-bond acceptors (Lipinski definition) is 2. The molecule has 102 valence electrons. The molecule has 0 saturated heterocycles. The monoisotopic (exact) mass is 250 g/mol. The van der Waals surface area contributed by atoms with Gasteiger partial charge in [0.1, 0.15) is 0 Å². The van der Waals surface area contributed by atoms with Crippen LogP contribution in [0.5, 0.6) is 0 Å². The van der Waals surface area contributed by atoms with Crippen LogP contribution in [0.3, 0.4) is 0 Å². The topological polar surface area (TPSA) is 46.3 Å². The Morgan fingerprint density at radius 1 is 1.33 bits per heavy atom. The summed E-state index contributed by atoms with van der Waals surface area (Å²) in [4.78, 5) is 14.4. The van der Waals surface area contributed by atoms with Gasteiger partial charge >= 0.3 is 0 Å². The number of rotatable bonds is 2. The Bertz CT molecular complexity index is 372. The third kappa shape index (κ3) is 2.61. The maximum atomic E-state index is 12.4. The van der Waals surface area contributed by atoms with Crippen LogP contribution in [0.15, 0.2) is 11.6 Å². The van der Waals surface area contributed by atoms with Crippen molar-refractivity contribution in [2.75, 3.05) is 13.1 Å². The molecule has 0 aromatic heterocycles. The van der Waals surface area contributed by atoms with Gasteiger partial charge in [-0.05, 0) is 37.5 Å². The van der Waals surface area contributed by atoms with E-state index in [-0.39, 0.29) is 11.3 Å². The van der Waals surface area contributed by atoms with Crippen molar-refractivity contribution in [2.24, 2.45) is 17.1 Å². The molecule has 1 fully saturated rings. The molecule has 18 heavy (non-hydrogen) atoms. The van der Waals surface area contributed by atoms with Gasteiger partial charge < -0.3 is 10.6 Å². The first kappa shape index (κ1) is 13.6. The fourth-order valence-corrected chi connectivity index (χ4v) is 2.73. The fraction of sp³-hybridized carbons (Fsp3) is 0.800. The van der Waals surface area contributed by atoms with Crippen LogP contribution in [0, 0.1) is 11.3 Å². The molecule has 2 rings (SSSR count). The highest BCUT2D eigenvalue weighted by Gasteiger charge is 2.46. The summed E-state index contributed by atoms with van der Waals surface area (Å²) in [6, 6.07) is 0. The van der Waals surface area contributed by atoms with Gasteiger partial charge in [-0.1, -0.05) is 32.4 Å². The van der Waals surface area contributed by atoms with Crippen LogP contribution in [0.25, 0.3) is 0 Å². The Hall–Kier alpha value is -0.830. The zero-order valence-electron chi connectivity index (χ0n) is 12.1. The maximum Gasteiger partial charge on any atom is 0.242 e. The molecule has 1 aliphatic carbocycles. The Balaban J connectivity index is 2.01. The van der Waals surface area contributed by atoms with Gasteiger partial charge in [0.25, 0.3) is 0 Å². The van der Waals surface area contributed by atoms with E-state index in [0.717, 1.165) is 32.4 Å². The molecule has 0 bridgehead atoms. The summed E-state index contributed by atoms with van der Waals surface area (Å²) in [5.74, 6) is 0.534. The second-order valence-electron chi connectivity index (χ2n) is 7.04. The van der Waals surface area contributed by atoms with E-state index in [1.54, 1.807) is 0 Å². The smallest absolute Gasteiger partial charge is 0.242 e. The molecule has 0 spiro atoms. The number of nitrogens with zero attached hydrogens (tertiary/aromatic N) is 1. The van der Waals surface area contributed by atoms with Crippen molar-refractivity contribution in [2.45, 2.75) is 52.5 Å². The third-order valence-corrected chi connectivity index (χ3v) is 4.35. The van der Waals surface area contributed by atoms with E-state index in [1.807, 2.05) is 11.8 Å². The minimum Gasteiger partial charge on any atom is -0.337 e. The minimum absolute atomic E-state index is 0.134. The summed E-state index contributed by atoms with van der Waals surface area (Å²) in [7, 11) is 0. The molecule has 0 aromatic carbocycles. The number of nitrogens with two attached hydrogens (primary N) is 1. The second-order valence-corrected chi connectivity index (χ2v) is 7.04. The van der Waals surface area contributed by atoms with Gasteiger partial charge in [0.2, 0.25) is 5.91 Å². The van der Waals surface area contributed by atoms with E-state index < -0.39 is 5.54 Å². The van der Waals surface area contributed by atoms with Crippen LogP contribution < -0.4 is 5.73 Å². The first-order valence-electron chi connectivity index (χ1n) is 7.00. The number of hydrogen-bond donors (Lipinski definition) is 1. The molecule has 3 nitrogen and oxygen atoms in total. The average Bonchev–Trinajstić information content (AvgIpc) is 3.11. The molecule has 1 aliphatic heterocycles. The van der Waals surface area contributed by atoms with E-state index in [2.05, 4.69) is 26.8 Å². The summed E-state index contributed by atoms with van der Waals surface area (Å²) in [6.07, 6.45) is 5.41. The fourth-order valence-electron chi connectivity index (χ4n) is 2.73. The van der Waals surface area contributed by atoms with Crippen molar-refractivity contribution in [3.63, 3.8) is 0 Å². The minimum atomic E-state index is -0.646. The molecular weight excluding hydrogens is 224 g/mol. The predicted molar refractivity (Wildman–Crippen MR) is 74.1 cm³/mol. The predicted octanol–water partition coefficient (Wildman–Crippen LogP) is 2.32. The molecule has 1 unspecified atom stereocenters. The van der Waals surface area contributed by atoms with Crippen molar-refractivity contribution in [1.82, 2.24) is 4.90 Å². The SMILES string of the molecule is CC(C)(C)C1=CCN(C(=O)C(C)(N)C2CC2)CC1. The zero-order valence-corrected chi connectivity index (χ0v) is 12.1. The number of amides is 1. The summed E-state index contributed by atoms with van der Waals surface area (Å²) >= 11 is 0. The van der Waals surface area contributed by atoms with Gasteiger partial charge in [-0.25, -0.2) is 0 Å². The summed E-state index contributed by atoms with van der Waals surface area (Å²) in [6.45, 7) is 10.1. The molecule has 0 radical (unpaired) electrons. The summed E-state index contributed by atoms with van der Waals surface area (Å²) in [5, 5.41) is 0. The third-order valence-electron chi connectivity index (χ3n) is 4.35. The maximum absolute atomic E-state index is 12.4. The lowest BCUT2D eigenvalue weighted by Gasteiger charge is -2.36. The van der Waals surface area contributed by atoms with Gasteiger partial charge in [0, 0.05) is 13.1 Å². The van der Waals surface area contributed by atoms with Crippen molar-refractivity contribution < 1.29 is 4.79 Å². The highest BCUT2D eigenvalue weighted by molar-refractivity contribution is 5.86. The Morgan fingerprint density at radius 3 is 2.33 bits per heavy atom. The number of carbonyl (C=O) groups is 1. The van der Waals surface area contributed by atoms with Crippen LogP contribution >= 0.6 is 0 Å². The summed E-state index contributed by atoms with van der Waals surface area (Å²) in [5.41, 5.74) is 7.23. The largest absolute Gasteiger partial charge is 0.337 e. The lowest BCUT2D eigenvalue weighted by molar-refractivity contribution is -0.136. The molecule has 2 N–H and O–H groups in total. The first-order chi connectivity index (χ1) is 8.23. The molecule has 3 heteroatoms. The normalized spacial score (nSPS) is 24.5. The van der Waals surface area contributed by atoms with Gasteiger partial charge in [0.05, 0.1) is 5.54 Å². The van der Waals surface area contributed by atoms with Gasteiger partial charge in [-0.15, -0.1) is 0 Å². The van der Waals surface area contributed by atoms with Crippen molar-refractivity contribution in [3.05, 3.63) is 11.6 Å². The van der Waals surface area contributed by atoms with Crippen LogP contribution in [0.1, 0.15) is 47.0 Å². The van der Waals surface area contributed by atoms with E-state index in [4.69, 9.17) is 5.73 Å². The highest BCUT2D eigenvalue weighted by atomic mass is 16.2. The van der Waals surface area contributed by atoms with Gasteiger partial charge in [-0.3, -0.25) is 4.79 Å². The molecule has 1 atom stereocenters. The van der Waals surface area contributed by atoms with Crippen LogP contribution in [-0.4, -0.2) is 29.4 Å². The van der Waals surface area contributed by atoms with Crippen LogP contribution in [0.4, 0.5) is 0 Å². The Kier molecular flexibility index (Phi) is 3.30. The lowest BCUT2D eigenvalue weighted by atomic mass is 9.82. The van der Waals surface area contributed by atoms with E-state index in [0.29, 0.717) is 5.92 Å². The first-order valence-corrected chi connectivity index (χ1v) is 7.00. The highest BCUT2D eigenvalue weighted by Crippen LogP contribution is 2.39. The molecular formula is C15H26N2O. The standard InChI is InChI=1S/C15H26N2O/c1-14(2,3)11-7-9-17(10-8-11)13(18)15(4,16)12-5-6-12/h7,12H,5-6,8-10,16H2,1-4H3. The van der Waals surface area contributed by atoms with E-state index in [9.17, 15) is 4.79 Å². The Labute approximate surface area is 110 Å². The van der Waals surface area contributed by atoms with Crippen molar-refractivity contribution >= 4 is 5.91 Å². The van der Waals surface area contributed by atoms with Crippen LogP contribution in [-0.2, 0) is 4.79 Å².